The molecule has 3 atom stereocenters. The van der Waals surface area contributed by atoms with Crippen LogP contribution in [0.5, 0.6) is 0 Å². The van der Waals surface area contributed by atoms with E-state index in [0.717, 1.165) is 11.1 Å². The molecule has 0 radical (unpaired) electrons. The molecule has 216 valence electrons. The maximum absolute atomic E-state index is 12.9. The van der Waals surface area contributed by atoms with Gasteiger partial charge in [-0.15, -0.1) is 0 Å². The van der Waals surface area contributed by atoms with E-state index in [1.165, 1.54) is 6.92 Å². The molecule has 2 rings (SSSR count). The van der Waals surface area contributed by atoms with Crippen LogP contribution in [0, 0.1) is 5.92 Å². The molecule has 5 N–H and O–H groups in total. The highest BCUT2D eigenvalue weighted by Gasteiger charge is 2.29. The minimum Gasteiger partial charge on any atom is -0.481 e. The summed E-state index contributed by atoms with van der Waals surface area (Å²) in [6, 6.07) is 16.0. The van der Waals surface area contributed by atoms with Crippen molar-refractivity contribution < 1.29 is 29.1 Å². The lowest BCUT2D eigenvalue weighted by molar-refractivity contribution is -0.140. The molecule has 0 fully saturated rings. The summed E-state index contributed by atoms with van der Waals surface area (Å²) >= 11 is 0. The van der Waals surface area contributed by atoms with Crippen molar-refractivity contribution >= 4 is 29.5 Å². The highest BCUT2D eigenvalue weighted by molar-refractivity contribution is 5.96. The van der Waals surface area contributed by atoms with Crippen LogP contribution in [0.25, 0.3) is 0 Å². The van der Waals surface area contributed by atoms with Gasteiger partial charge in [0.2, 0.25) is 17.7 Å². The van der Waals surface area contributed by atoms with Gasteiger partial charge >= 0.3 is 5.97 Å². The van der Waals surface area contributed by atoms with Gasteiger partial charge in [-0.1, -0.05) is 74.5 Å². The lowest BCUT2D eigenvalue weighted by Crippen LogP contribution is -2.56. The molecule has 10 heteroatoms. The fourth-order valence-corrected chi connectivity index (χ4v) is 3.98. The predicted octanol–water partition coefficient (Wildman–Crippen LogP) is 1.63. The molecule has 0 aliphatic heterocycles. The quantitative estimate of drug-likeness (QED) is 0.187. The number of nitrogens with one attached hydrogen (secondary N) is 4. The molecule has 0 aliphatic carbocycles. The Hall–Kier alpha value is -4.05. The Morgan fingerprint density at radius 3 is 1.88 bits per heavy atom. The van der Waals surface area contributed by atoms with E-state index in [1.807, 2.05) is 60.7 Å². The zero-order valence-electron chi connectivity index (χ0n) is 23.3. The second-order valence-electron chi connectivity index (χ2n) is 10.0. The van der Waals surface area contributed by atoms with Gasteiger partial charge in [0.05, 0.1) is 19.0 Å². The fraction of sp³-hybridized carbons (Fsp3) is 0.433. The van der Waals surface area contributed by atoms with Crippen molar-refractivity contribution in [3.63, 3.8) is 0 Å². The third-order valence-electron chi connectivity index (χ3n) is 6.32. The van der Waals surface area contributed by atoms with Crippen LogP contribution in [-0.4, -0.2) is 65.8 Å². The molecule has 0 heterocycles. The highest BCUT2D eigenvalue weighted by atomic mass is 16.4. The van der Waals surface area contributed by atoms with E-state index in [-0.39, 0.29) is 24.8 Å². The summed E-state index contributed by atoms with van der Waals surface area (Å²) in [5, 5.41) is 20.0. The molecule has 0 saturated carbocycles. The summed E-state index contributed by atoms with van der Waals surface area (Å²) in [5.74, 6) is -3.50. The second kappa shape index (κ2) is 16.8. The van der Waals surface area contributed by atoms with Crippen molar-refractivity contribution in [3.05, 3.63) is 71.8 Å². The third-order valence-corrected chi connectivity index (χ3v) is 6.32. The van der Waals surface area contributed by atoms with Gasteiger partial charge in [0.25, 0.3) is 0 Å². The van der Waals surface area contributed by atoms with Gasteiger partial charge in [-0.2, -0.15) is 0 Å². The van der Waals surface area contributed by atoms with Crippen molar-refractivity contribution in [2.45, 2.75) is 64.6 Å². The Bertz CT molecular complexity index is 1120. The average Bonchev–Trinajstić information content (AvgIpc) is 2.93. The minimum absolute atomic E-state index is 0.115. The van der Waals surface area contributed by atoms with E-state index < -0.39 is 48.1 Å². The SMILES string of the molecule is CC(C)[C@H](NC(=O)CCc1ccccc1)C(=O)N[C@@H](C)C(=O)NC(CC(=O)O)C(=O)CNCCc1ccccc1. The second-order valence-corrected chi connectivity index (χ2v) is 10.0. The number of carboxylic acid groups (broad SMARTS) is 1. The van der Waals surface area contributed by atoms with E-state index in [9.17, 15) is 29.1 Å². The normalized spacial score (nSPS) is 13.1. The molecule has 2 aromatic carbocycles. The number of amides is 3. The van der Waals surface area contributed by atoms with Crippen LogP contribution in [0.2, 0.25) is 0 Å². The molecular weight excluding hydrogens is 512 g/mol. The first-order valence-electron chi connectivity index (χ1n) is 13.5. The van der Waals surface area contributed by atoms with E-state index in [2.05, 4.69) is 21.3 Å². The number of benzene rings is 2. The average molecular weight is 553 g/mol. The number of carbonyl (C=O) groups excluding carboxylic acids is 4. The van der Waals surface area contributed by atoms with Crippen LogP contribution in [-0.2, 0) is 36.8 Å². The molecule has 2 aromatic rings. The Kier molecular flexibility index (Phi) is 13.5. The van der Waals surface area contributed by atoms with Crippen LogP contribution in [0.1, 0.15) is 44.7 Å². The third kappa shape index (κ3) is 11.8. The molecule has 0 saturated heterocycles. The first kappa shape index (κ1) is 32.2. The van der Waals surface area contributed by atoms with Gasteiger partial charge in [0.1, 0.15) is 12.1 Å². The minimum atomic E-state index is -1.26. The number of carboxylic acids is 1. The number of rotatable bonds is 17. The maximum Gasteiger partial charge on any atom is 0.305 e. The van der Waals surface area contributed by atoms with Gasteiger partial charge in [-0.3, -0.25) is 24.0 Å². The molecule has 0 spiro atoms. The van der Waals surface area contributed by atoms with Gasteiger partial charge in [-0.05, 0) is 43.4 Å². The molecule has 10 nitrogen and oxygen atoms in total. The summed E-state index contributed by atoms with van der Waals surface area (Å²) in [4.78, 5) is 62.2. The molecule has 1 unspecified atom stereocenters. The van der Waals surface area contributed by atoms with Crippen LogP contribution >= 0.6 is 0 Å². The van der Waals surface area contributed by atoms with Crippen molar-refractivity contribution in [3.8, 4) is 0 Å². The number of carbonyl (C=O) groups is 5. The van der Waals surface area contributed by atoms with Crippen LogP contribution < -0.4 is 21.3 Å². The van der Waals surface area contributed by atoms with Crippen LogP contribution in [0.4, 0.5) is 0 Å². The lowest BCUT2D eigenvalue weighted by atomic mass is 10.0. The van der Waals surface area contributed by atoms with Crippen LogP contribution in [0.3, 0.4) is 0 Å². The summed E-state index contributed by atoms with van der Waals surface area (Å²) in [6.07, 6.45) is 0.831. The molecule has 0 aliphatic rings. The van der Waals surface area contributed by atoms with Crippen molar-refractivity contribution in [1.29, 1.82) is 0 Å². The maximum atomic E-state index is 12.9. The van der Waals surface area contributed by atoms with Crippen LogP contribution in [0.15, 0.2) is 60.7 Å². The summed E-state index contributed by atoms with van der Waals surface area (Å²) < 4.78 is 0. The topological polar surface area (TPSA) is 154 Å². The Labute approximate surface area is 235 Å². The van der Waals surface area contributed by atoms with Gasteiger partial charge < -0.3 is 26.4 Å². The molecule has 0 bridgehead atoms. The van der Waals surface area contributed by atoms with E-state index in [0.29, 0.717) is 19.4 Å². The number of aryl methyl sites for hydroxylation is 1. The van der Waals surface area contributed by atoms with Gasteiger partial charge in [0.15, 0.2) is 5.78 Å². The van der Waals surface area contributed by atoms with Crippen molar-refractivity contribution in [1.82, 2.24) is 21.3 Å². The molecule has 40 heavy (non-hydrogen) atoms. The lowest BCUT2D eigenvalue weighted by Gasteiger charge is -2.25. The summed E-state index contributed by atoms with van der Waals surface area (Å²) in [6.45, 7) is 5.37. The number of hydrogen-bond donors (Lipinski definition) is 5. The highest BCUT2D eigenvalue weighted by Crippen LogP contribution is 2.06. The van der Waals surface area contributed by atoms with Crippen molar-refractivity contribution in [2.75, 3.05) is 13.1 Å². The Morgan fingerprint density at radius 1 is 0.750 bits per heavy atom. The number of ketones is 1. The standard InChI is InChI=1S/C30H40N4O6/c1-20(2)28(34-26(36)15-14-22-10-6-4-7-11-22)30(40)32-21(3)29(39)33-24(18-27(37)38)25(35)19-31-17-16-23-12-8-5-9-13-23/h4-13,20-21,24,28,31H,14-19H2,1-3H3,(H,32,40)(H,33,39)(H,34,36)(H,37,38)/t21-,24?,28-/m0/s1. The summed E-state index contributed by atoms with van der Waals surface area (Å²) in [5.41, 5.74) is 2.10. The number of hydrogen-bond acceptors (Lipinski definition) is 6. The predicted molar refractivity (Wildman–Crippen MR) is 151 cm³/mol. The zero-order chi connectivity index (χ0) is 29.5. The van der Waals surface area contributed by atoms with E-state index in [4.69, 9.17) is 0 Å². The first-order valence-corrected chi connectivity index (χ1v) is 13.5. The fourth-order valence-electron chi connectivity index (χ4n) is 3.98. The molecular formula is C30H40N4O6. The monoisotopic (exact) mass is 552 g/mol. The summed E-state index contributed by atoms with van der Waals surface area (Å²) in [7, 11) is 0. The number of Topliss-reactive ketones (excluding diaryl/α,β-unsaturated/α-hetero) is 1. The Balaban J connectivity index is 1.87. The van der Waals surface area contributed by atoms with Gasteiger partial charge in [0, 0.05) is 6.42 Å². The van der Waals surface area contributed by atoms with Gasteiger partial charge in [-0.25, -0.2) is 0 Å². The zero-order valence-corrected chi connectivity index (χ0v) is 23.3. The van der Waals surface area contributed by atoms with E-state index in [1.54, 1.807) is 13.8 Å². The number of aliphatic carboxylic acids is 1. The first-order chi connectivity index (χ1) is 19.1. The van der Waals surface area contributed by atoms with Crippen molar-refractivity contribution in [2.24, 2.45) is 5.92 Å². The van der Waals surface area contributed by atoms with E-state index >= 15 is 0 Å². The molecule has 0 aromatic heterocycles. The largest absolute Gasteiger partial charge is 0.481 e. The smallest absolute Gasteiger partial charge is 0.305 e. The molecule has 3 amide bonds. The Morgan fingerprint density at radius 2 is 1.32 bits per heavy atom.